The van der Waals surface area contributed by atoms with Crippen molar-refractivity contribution in [2.24, 2.45) is 0 Å². The highest BCUT2D eigenvalue weighted by Gasteiger charge is 2.26. The fraction of sp³-hybridized carbons (Fsp3) is 0.611. The van der Waals surface area contributed by atoms with E-state index in [1.807, 2.05) is 6.07 Å². The van der Waals surface area contributed by atoms with Crippen LogP contribution in [0.2, 0.25) is 0 Å². The monoisotopic (exact) mass is 343 g/mol. The SMILES string of the molecule is CCn1c(CN(C)C)nnc1C1CCN(Cc2cccnc2N)CC1. The number of pyridine rings is 1. The first-order valence-electron chi connectivity index (χ1n) is 9.07. The molecular weight excluding hydrogens is 314 g/mol. The molecule has 0 amide bonds. The van der Waals surface area contributed by atoms with E-state index in [1.54, 1.807) is 6.20 Å². The summed E-state index contributed by atoms with van der Waals surface area (Å²) in [7, 11) is 4.13. The van der Waals surface area contributed by atoms with E-state index < -0.39 is 0 Å². The van der Waals surface area contributed by atoms with E-state index in [1.165, 1.54) is 0 Å². The summed E-state index contributed by atoms with van der Waals surface area (Å²) in [5, 5.41) is 8.96. The second-order valence-corrected chi connectivity index (χ2v) is 7.05. The fourth-order valence-electron chi connectivity index (χ4n) is 3.57. The predicted molar refractivity (Wildman–Crippen MR) is 99.0 cm³/mol. The van der Waals surface area contributed by atoms with Gasteiger partial charge in [0, 0.05) is 30.8 Å². The van der Waals surface area contributed by atoms with E-state index >= 15 is 0 Å². The topological polar surface area (TPSA) is 76.1 Å². The molecule has 0 atom stereocenters. The zero-order valence-electron chi connectivity index (χ0n) is 15.5. The standard InChI is InChI=1S/C18H29N7/c1-4-25-16(13-23(2)3)21-22-18(25)14-7-10-24(11-8-14)12-15-6-5-9-20-17(15)19/h5-6,9,14H,4,7-8,10-13H2,1-3H3,(H2,19,20). The van der Waals surface area contributed by atoms with Gasteiger partial charge < -0.3 is 15.2 Å². The Kier molecular flexibility index (Phi) is 5.65. The molecule has 1 fully saturated rings. The molecule has 3 heterocycles. The molecule has 2 aromatic rings. The summed E-state index contributed by atoms with van der Waals surface area (Å²) in [4.78, 5) is 8.78. The summed E-state index contributed by atoms with van der Waals surface area (Å²) in [5.74, 6) is 3.35. The molecule has 3 rings (SSSR count). The van der Waals surface area contributed by atoms with Gasteiger partial charge in [0.25, 0.3) is 0 Å². The largest absolute Gasteiger partial charge is 0.383 e. The molecule has 136 valence electrons. The minimum absolute atomic E-state index is 0.492. The Bertz CT molecular complexity index is 686. The smallest absolute Gasteiger partial charge is 0.147 e. The normalized spacial score (nSPS) is 16.6. The van der Waals surface area contributed by atoms with Crippen LogP contribution in [0.1, 0.15) is 42.9 Å². The Morgan fingerprint density at radius 3 is 2.64 bits per heavy atom. The Balaban J connectivity index is 1.62. The van der Waals surface area contributed by atoms with Gasteiger partial charge in [0.2, 0.25) is 0 Å². The second kappa shape index (κ2) is 7.93. The zero-order chi connectivity index (χ0) is 17.8. The van der Waals surface area contributed by atoms with Gasteiger partial charge in [-0.05, 0) is 53.0 Å². The Morgan fingerprint density at radius 2 is 2.00 bits per heavy atom. The summed E-state index contributed by atoms with van der Waals surface area (Å²) < 4.78 is 2.29. The van der Waals surface area contributed by atoms with Gasteiger partial charge in [-0.15, -0.1) is 10.2 Å². The van der Waals surface area contributed by atoms with Crippen molar-refractivity contribution in [3.8, 4) is 0 Å². The number of hydrogen-bond acceptors (Lipinski definition) is 6. The van der Waals surface area contributed by atoms with Crippen LogP contribution in [0.25, 0.3) is 0 Å². The van der Waals surface area contributed by atoms with Gasteiger partial charge in [-0.25, -0.2) is 4.98 Å². The molecule has 1 saturated heterocycles. The maximum atomic E-state index is 5.97. The molecule has 1 aliphatic heterocycles. The van der Waals surface area contributed by atoms with Gasteiger partial charge in [-0.2, -0.15) is 0 Å². The fourth-order valence-corrected chi connectivity index (χ4v) is 3.57. The molecule has 0 radical (unpaired) electrons. The number of anilines is 1. The van der Waals surface area contributed by atoms with Gasteiger partial charge in [0.1, 0.15) is 17.5 Å². The lowest BCUT2D eigenvalue weighted by Crippen LogP contribution is -2.33. The van der Waals surface area contributed by atoms with Crippen LogP contribution in [0.3, 0.4) is 0 Å². The van der Waals surface area contributed by atoms with Gasteiger partial charge in [-0.1, -0.05) is 6.07 Å². The molecule has 0 aromatic carbocycles. The summed E-state index contributed by atoms with van der Waals surface area (Å²) in [6.45, 7) is 6.92. The van der Waals surface area contributed by atoms with E-state index in [-0.39, 0.29) is 0 Å². The number of nitrogens with two attached hydrogens (primary N) is 1. The zero-order valence-corrected chi connectivity index (χ0v) is 15.5. The number of rotatable bonds is 6. The van der Waals surface area contributed by atoms with Crippen molar-refractivity contribution < 1.29 is 0 Å². The third kappa shape index (κ3) is 4.16. The van der Waals surface area contributed by atoms with E-state index in [4.69, 9.17) is 5.73 Å². The highest BCUT2D eigenvalue weighted by atomic mass is 15.3. The maximum absolute atomic E-state index is 5.97. The molecule has 0 unspecified atom stereocenters. The number of aromatic nitrogens is 4. The van der Waals surface area contributed by atoms with Crippen LogP contribution >= 0.6 is 0 Å². The third-order valence-corrected chi connectivity index (χ3v) is 4.90. The van der Waals surface area contributed by atoms with Crippen LogP contribution in [0.5, 0.6) is 0 Å². The summed E-state index contributed by atoms with van der Waals surface area (Å²) in [6, 6.07) is 4.02. The lowest BCUT2D eigenvalue weighted by Gasteiger charge is -2.31. The first-order valence-corrected chi connectivity index (χ1v) is 9.07. The van der Waals surface area contributed by atoms with Crippen LogP contribution in [0.4, 0.5) is 5.82 Å². The number of piperidine rings is 1. The van der Waals surface area contributed by atoms with E-state index in [0.29, 0.717) is 11.7 Å². The van der Waals surface area contributed by atoms with Gasteiger partial charge in [0.15, 0.2) is 0 Å². The van der Waals surface area contributed by atoms with Crippen molar-refractivity contribution in [2.45, 2.75) is 45.3 Å². The van der Waals surface area contributed by atoms with Crippen LogP contribution < -0.4 is 5.73 Å². The summed E-state index contributed by atoms with van der Waals surface area (Å²) in [6.07, 6.45) is 3.97. The molecule has 1 aliphatic rings. The van der Waals surface area contributed by atoms with Crippen molar-refractivity contribution in [2.75, 3.05) is 32.9 Å². The molecule has 0 bridgehead atoms. The van der Waals surface area contributed by atoms with Gasteiger partial charge in [0.05, 0.1) is 6.54 Å². The number of nitrogen functional groups attached to an aromatic ring is 1. The Labute approximate surface area is 149 Å². The van der Waals surface area contributed by atoms with Gasteiger partial charge in [-0.3, -0.25) is 4.90 Å². The van der Waals surface area contributed by atoms with Crippen molar-refractivity contribution in [1.82, 2.24) is 29.5 Å². The number of nitrogens with zero attached hydrogens (tertiary/aromatic N) is 6. The quantitative estimate of drug-likeness (QED) is 0.861. The van der Waals surface area contributed by atoms with Crippen molar-refractivity contribution >= 4 is 5.82 Å². The number of likely N-dealkylation sites (tertiary alicyclic amines) is 1. The third-order valence-electron chi connectivity index (χ3n) is 4.90. The number of hydrogen-bond donors (Lipinski definition) is 1. The Hall–Kier alpha value is -1.99. The van der Waals surface area contributed by atoms with Crippen LogP contribution in [0, 0.1) is 0 Å². The molecule has 0 spiro atoms. The molecule has 0 aliphatic carbocycles. The molecule has 7 nitrogen and oxygen atoms in total. The lowest BCUT2D eigenvalue weighted by atomic mass is 9.95. The van der Waals surface area contributed by atoms with Gasteiger partial charge >= 0.3 is 0 Å². The van der Waals surface area contributed by atoms with Crippen molar-refractivity contribution in [3.63, 3.8) is 0 Å². The first kappa shape index (κ1) is 17.8. The summed E-state index contributed by atoms with van der Waals surface area (Å²) >= 11 is 0. The molecule has 0 saturated carbocycles. The minimum atomic E-state index is 0.492. The molecular formula is C18H29N7. The second-order valence-electron chi connectivity index (χ2n) is 7.05. The first-order chi connectivity index (χ1) is 12.1. The van der Waals surface area contributed by atoms with Crippen molar-refractivity contribution in [3.05, 3.63) is 35.5 Å². The van der Waals surface area contributed by atoms with Crippen LogP contribution in [0.15, 0.2) is 18.3 Å². The summed E-state index contributed by atoms with van der Waals surface area (Å²) in [5.41, 5.74) is 7.09. The lowest BCUT2D eigenvalue weighted by molar-refractivity contribution is 0.200. The molecule has 25 heavy (non-hydrogen) atoms. The maximum Gasteiger partial charge on any atom is 0.147 e. The minimum Gasteiger partial charge on any atom is -0.383 e. The molecule has 7 heteroatoms. The van der Waals surface area contributed by atoms with Crippen LogP contribution in [-0.2, 0) is 19.6 Å². The highest BCUT2D eigenvalue weighted by molar-refractivity contribution is 5.38. The average Bonchev–Trinajstić information content (AvgIpc) is 2.99. The van der Waals surface area contributed by atoms with Crippen molar-refractivity contribution in [1.29, 1.82) is 0 Å². The van der Waals surface area contributed by atoms with Crippen LogP contribution in [-0.4, -0.2) is 56.7 Å². The predicted octanol–water partition coefficient (Wildman–Crippen LogP) is 1.72. The van der Waals surface area contributed by atoms with E-state index in [9.17, 15) is 0 Å². The van der Waals surface area contributed by atoms with E-state index in [2.05, 4.69) is 56.6 Å². The molecule has 2 N–H and O–H groups in total. The highest BCUT2D eigenvalue weighted by Crippen LogP contribution is 2.28. The van der Waals surface area contributed by atoms with E-state index in [0.717, 1.165) is 62.8 Å². The average molecular weight is 343 g/mol. The Morgan fingerprint density at radius 1 is 1.24 bits per heavy atom. The molecule has 2 aromatic heterocycles.